The van der Waals surface area contributed by atoms with E-state index in [9.17, 15) is 14.4 Å². The highest BCUT2D eigenvalue weighted by molar-refractivity contribution is 7.12. The van der Waals surface area contributed by atoms with E-state index >= 15 is 0 Å². The number of ether oxygens (including phenoxy) is 1. The highest BCUT2D eigenvalue weighted by Gasteiger charge is 2.13. The monoisotopic (exact) mass is 294 g/mol. The smallest absolute Gasteiger partial charge is 0.374 e. The number of amides is 2. The van der Waals surface area contributed by atoms with Crippen LogP contribution < -0.4 is 10.9 Å². The first kappa shape index (κ1) is 13.8. The van der Waals surface area contributed by atoms with Crippen molar-refractivity contribution >= 4 is 29.1 Å². The molecule has 7 nitrogen and oxygen atoms in total. The minimum atomic E-state index is -0.755. The summed E-state index contributed by atoms with van der Waals surface area (Å²) in [4.78, 5) is 34.7. The molecule has 104 valence electrons. The summed E-state index contributed by atoms with van der Waals surface area (Å²) in [5.41, 5.74) is 4.33. The molecular formula is C12H10N2O5S. The van der Waals surface area contributed by atoms with Crippen LogP contribution in [0.5, 0.6) is 0 Å². The average molecular weight is 294 g/mol. The first-order valence-corrected chi connectivity index (χ1v) is 6.38. The van der Waals surface area contributed by atoms with E-state index in [1.807, 2.05) is 0 Å². The summed E-state index contributed by atoms with van der Waals surface area (Å²) >= 11 is 1.24. The van der Waals surface area contributed by atoms with E-state index in [1.54, 1.807) is 17.5 Å². The highest BCUT2D eigenvalue weighted by Crippen LogP contribution is 2.07. The molecule has 0 aromatic carbocycles. The molecule has 0 atom stereocenters. The molecule has 0 saturated heterocycles. The Hall–Kier alpha value is -2.61. The van der Waals surface area contributed by atoms with Crippen LogP contribution in [0.4, 0.5) is 0 Å². The molecule has 2 amide bonds. The van der Waals surface area contributed by atoms with E-state index in [1.165, 1.54) is 29.7 Å². The zero-order chi connectivity index (χ0) is 14.4. The number of esters is 1. The van der Waals surface area contributed by atoms with Gasteiger partial charge in [0.15, 0.2) is 6.61 Å². The quantitative estimate of drug-likeness (QED) is 0.646. The largest absolute Gasteiger partial charge is 0.457 e. The maximum atomic E-state index is 11.5. The number of hydrogen-bond donors (Lipinski definition) is 2. The van der Waals surface area contributed by atoms with Gasteiger partial charge in [-0.2, -0.15) is 0 Å². The molecule has 0 aliphatic rings. The van der Waals surface area contributed by atoms with Crippen LogP contribution in [0, 0.1) is 0 Å². The van der Waals surface area contributed by atoms with Gasteiger partial charge in [-0.1, -0.05) is 6.07 Å². The number of nitrogens with one attached hydrogen (secondary N) is 2. The van der Waals surface area contributed by atoms with Gasteiger partial charge in [0.2, 0.25) is 5.76 Å². The molecule has 0 fully saturated rings. The minimum Gasteiger partial charge on any atom is -0.457 e. The lowest BCUT2D eigenvalue weighted by molar-refractivity contribution is -0.125. The van der Waals surface area contributed by atoms with Gasteiger partial charge >= 0.3 is 5.97 Å². The topological polar surface area (TPSA) is 97.6 Å². The van der Waals surface area contributed by atoms with Gasteiger partial charge in [-0.25, -0.2) is 4.79 Å². The second kappa shape index (κ2) is 6.53. The lowest BCUT2D eigenvalue weighted by Gasteiger charge is -2.06. The SMILES string of the molecule is O=C(COC(=O)c1ccco1)NNC(=O)c1cccs1. The Kier molecular flexibility index (Phi) is 4.51. The molecule has 2 heterocycles. The van der Waals surface area contributed by atoms with Gasteiger partial charge in [-0.05, 0) is 23.6 Å². The van der Waals surface area contributed by atoms with Crippen molar-refractivity contribution < 1.29 is 23.5 Å². The maximum absolute atomic E-state index is 11.5. The summed E-state index contributed by atoms with van der Waals surface area (Å²) < 4.78 is 9.48. The van der Waals surface area contributed by atoms with E-state index in [0.717, 1.165) is 0 Å². The van der Waals surface area contributed by atoms with Crippen LogP contribution in [0.25, 0.3) is 0 Å². The molecular weight excluding hydrogens is 284 g/mol. The Morgan fingerprint density at radius 3 is 2.70 bits per heavy atom. The number of hydrazine groups is 1. The first-order valence-electron chi connectivity index (χ1n) is 5.50. The van der Waals surface area contributed by atoms with Crippen molar-refractivity contribution in [3.05, 3.63) is 46.5 Å². The van der Waals surface area contributed by atoms with E-state index in [-0.39, 0.29) is 5.76 Å². The van der Waals surface area contributed by atoms with Crippen LogP contribution in [-0.4, -0.2) is 24.4 Å². The zero-order valence-corrected chi connectivity index (χ0v) is 10.9. The number of thiophene rings is 1. The third-order valence-corrected chi connectivity index (χ3v) is 2.99. The van der Waals surface area contributed by atoms with Crippen LogP contribution >= 0.6 is 11.3 Å². The molecule has 0 spiro atoms. The number of furan rings is 1. The lowest BCUT2D eigenvalue weighted by Crippen LogP contribution is -2.43. The summed E-state index contributed by atoms with van der Waals surface area (Å²) in [5, 5.41) is 1.74. The number of carbonyl (C=O) groups excluding carboxylic acids is 3. The van der Waals surface area contributed by atoms with Gasteiger partial charge in [-0.15, -0.1) is 11.3 Å². The summed E-state index contributed by atoms with van der Waals surface area (Å²) in [6, 6.07) is 6.27. The third kappa shape index (κ3) is 3.69. The molecule has 2 aromatic rings. The number of carbonyl (C=O) groups is 3. The van der Waals surface area contributed by atoms with Crippen LogP contribution in [0.2, 0.25) is 0 Å². The van der Waals surface area contributed by atoms with Gasteiger partial charge in [0.25, 0.3) is 11.8 Å². The molecule has 8 heteroatoms. The van der Waals surface area contributed by atoms with Crippen molar-refractivity contribution in [2.45, 2.75) is 0 Å². The molecule has 0 aliphatic heterocycles. The molecule has 0 unspecified atom stereocenters. The summed E-state index contributed by atoms with van der Waals surface area (Å²) in [7, 11) is 0. The Balaban J connectivity index is 1.71. The van der Waals surface area contributed by atoms with Crippen molar-refractivity contribution in [2.75, 3.05) is 6.61 Å². The fourth-order valence-corrected chi connectivity index (χ4v) is 1.85. The van der Waals surface area contributed by atoms with Crippen LogP contribution in [0.15, 0.2) is 40.3 Å². The Labute approximate surface area is 117 Å². The van der Waals surface area contributed by atoms with Gasteiger partial charge in [0, 0.05) is 0 Å². The molecule has 2 N–H and O–H groups in total. The summed E-state index contributed by atoms with van der Waals surface area (Å²) in [6.07, 6.45) is 1.32. The van der Waals surface area contributed by atoms with Crippen molar-refractivity contribution in [2.24, 2.45) is 0 Å². The van der Waals surface area contributed by atoms with E-state index in [0.29, 0.717) is 4.88 Å². The van der Waals surface area contributed by atoms with Crippen molar-refractivity contribution in [3.63, 3.8) is 0 Å². The Morgan fingerprint density at radius 2 is 2.05 bits per heavy atom. The summed E-state index contributed by atoms with van der Waals surface area (Å²) in [5.74, 6) is -1.85. The van der Waals surface area contributed by atoms with Gasteiger partial charge in [0.1, 0.15) is 0 Å². The van der Waals surface area contributed by atoms with Crippen molar-refractivity contribution in [1.82, 2.24) is 10.9 Å². The van der Waals surface area contributed by atoms with Crippen LogP contribution in [0.3, 0.4) is 0 Å². The molecule has 2 aromatic heterocycles. The zero-order valence-electron chi connectivity index (χ0n) is 10.1. The lowest BCUT2D eigenvalue weighted by atomic mass is 10.4. The third-order valence-electron chi connectivity index (χ3n) is 2.12. The highest BCUT2D eigenvalue weighted by atomic mass is 32.1. The Bertz CT molecular complexity index is 539. The molecule has 0 saturated carbocycles. The van der Waals surface area contributed by atoms with Gasteiger partial charge < -0.3 is 9.15 Å². The van der Waals surface area contributed by atoms with Crippen LogP contribution in [-0.2, 0) is 9.53 Å². The van der Waals surface area contributed by atoms with E-state index < -0.39 is 24.4 Å². The average Bonchev–Trinajstić information content (AvgIpc) is 3.14. The summed E-state index contributed by atoms with van der Waals surface area (Å²) in [6.45, 7) is -0.524. The fourth-order valence-electron chi connectivity index (χ4n) is 1.23. The minimum absolute atomic E-state index is 0.000390. The standard InChI is InChI=1S/C12H10N2O5S/c15-10(7-19-12(17)8-3-1-5-18-8)13-14-11(16)9-4-2-6-20-9/h1-6H,7H2,(H,13,15)(H,14,16). The molecule has 0 radical (unpaired) electrons. The molecule has 0 aliphatic carbocycles. The molecule has 2 rings (SSSR count). The second-order valence-corrected chi connectivity index (χ2v) is 4.48. The van der Waals surface area contributed by atoms with Gasteiger partial charge in [0.05, 0.1) is 11.1 Å². The van der Waals surface area contributed by atoms with E-state index in [4.69, 9.17) is 4.42 Å². The van der Waals surface area contributed by atoms with Gasteiger partial charge in [-0.3, -0.25) is 20.4 Å². The molecule has 0 bridgehead atoms. The number of hydrogen-bond acceptors (Lipinski definition) is 6. The van der Waals surface area contributed by atoms with Crippen molar-refractivity contribution in [1.29, 1.82) is 0 Å². The maximum Gasteiger partial charge on any atom is 0.374 e. The predicted octanol–water partition coefficient (Wildman–Crippen LogP) is 0.959. The molecule has 20 heavy (non-hydrogen) atoms. The normalized spacial score (nSPS) is 9.80. The Morgan fingerprint density at radius 1 is 1.20 bits per heavy atom. The predicted molar refractivity (Wildman–Crippen MR) is 68.9 cm³/mol. The van der Waals surface area contributed by atoms with Crippen LogP contribution in [0.1, 0.15) is 20.2 Å². The second-order valence-electron chi connectivity index (χ2n) is 3.53. The van der Waals surface area contributed by atoms with Crippen molar-refractivity contribution in [3.8, 4) is 0 Å². The fraction of sp³-hybridized carbons (Fsp3) is 0.0833. The first-order chi connectivity index (χ1) is 9.66. The number of rotatable bonds is 4. The van der Waals surface area contributed by atoms with E-state index in [2.05, 4.69) is 15.6 Å².